The Morgan fingerprint density at radius 2 is 1.18 bits per heavy atom. The molecule has 8 nitrogen and oxygen atoms in total. The molecule has 4 bridgehead atoms. The molecule has 6 fully saturated rings. The molecule has 9 heteroatoms. The average Bonchev–Trinajstić information content (AvgIpc) is 3.18. The summed E-state index contributed by atoms with van der Waals surface area (Å²) in [6.45, 7) is 15.4. The van der Waals surface area contributed by atoms with Crippen LogP contribution in [0.5, 0.6) is 11.5 Å². The van der Waals surface area contributed by atoms with E-state index in [-0.39, 0.29) is 35.1 Å². The summed E-state index contributed by atoms with van der Waals surface area (Å²) in [5.74, 6) is 2.83. The Morgan fingerprint density at radius 3 is 1.65 bits per heavy atom. The van der Waals surface area contributed by atoms with Crippen molar-refractivity contribution >= 4 is 23.4 Å². The van der Waals surface area contributed by atoms with Crippen molar-refractivity contribution in [1.82, 2.24) is 20.4 Å². The fourth-order valence-electron chi connectivity index (χ4n) is 9.71. The molecule has 6 saturated heterocycles. The van der Waals surface area contributed by atoms with E-state index < -0.39 is 0 Å². The first-order chi connectivity index (χ1) is 24.7. The van der Waals surface area contributed by atoms with Gasteiger partial charge in [0, 0.05) is 30.2 Å². The molecule has 2 unspecified atom stereocenters. The lowest BCUT2D eigenvalue weighted by Gasteiger charge is -2.45. The molecule has 2 N–H and O–H groups in total. The molecule has 0 aliphatic carbocycles. The largest absolute Gasteiger partial charge is 0.486 e. The smallest absolute Gasteiger partial charge is 0.255 e. The zero-order valence-corrected chi connectivity index (χ0v) is 32.1. The number of hydrogen-bond acceptors (Lipinski definition) is 6. The summed E-state index contributed by atoms with van der Waals surface area (Å²) in [6.07, 6.45) is 12.6. The highest BCUT2D eigenvalue weighted by Gasteiger charge is 2.40. The van der Waals surface area contributed by atoms with Crippen molar-refractivity contribution in [3.05, 3.63) is 57.6 Å². The van der Waals surface area contributed by atoms with E-state index in [9.17, 15) is 9.59 Å². The molecule has 10 rings (SSSR count). The normalized spacial score (nSPS) is 29.3. The van der Waals surface area contributed by atoms with Crippen molar-refractivity contribution in [1.29, 1.82) is 0 Å². The Bertz CT molecular complexity index is 1570. The highest BCUT2D eigenvalue weighted by molar-refractivity contribution is 6.31. The van der Waals surface area contributed by atoms with E-state index in [0.717, 1.165) is 87.1 Å². The molecule has 2 aromatic rings. The number of para-hydroxylation sites is 1. The molecule has 0 saturated carbocycles. The first kappa shape index (κ1) is 36.5. The van der Waals surface area contributed by atoms with Crippen LogP contribution < -0.4 is 20.1 Å². The molecular formula is C42H59ClN4O4. The maximum absolute atomic E-state index is 13.1. The lowest BCUT2D eigenvalue weighted by Crippen LogP contribution is -2.57. The second-order valence-electron chi connectivity index (χ2n) is 16.2. The van der Waals surface area contributed by atoms with Crippen LogP contribution in [0.4, 0.5) is 0 Å². The number of hydrogen-bond donors (Lipinski definition) is 2. The van der Waals surface area contributed by atoms with Crippen molar-refractivity contribution in [3.8, 4) is 11.5 Å². The van der Waals surface area contributed by atoms with Gasteiger partial charge in [-0.25, -0.2) is 0 Å². The Hall–Kier alpha value is -2.81. The van der Waals surface area contributed by atoms with E-state index in [1.807, 2.05) is 18.2 Å². The van der Waals surface area contributed by atoms with E-state index in [1.54, 1.807) is 6.07 Å². The molecular weight excluding hydrogens is 660 g/mol. The summed E-state index contributed by atoms with van der Waals surface area (Å²) in [5, 5.41) is 7.23. The number of nitrogens with one attached hydrogen (secondary N) is 2. The van der Waals surface area contributed by atoms with E-state index in [2.05, 4.69) is 54.2 Å². The molecule has 8 aliphatic rings. The molecule has 51 heavy (non-hydrogen) atoms. The Kier molecular flexibility index (Phi) is 10.9. The van der Waals surface area contributed by atoms with Crippen LogP contribution in [-0.2, 0) is 12.8 Å². The fourth-order valence-corrected chi connectivity index (χ4v) is 9.95. The van der Waals surface area contributed by atoms with Gasteiger partial charge in [0.15, 0.2) is 0 Å². The first-order valence-electron chi connectivity index (χ1n) is 20.1. The number of benzene rings is 2. The SMILES string of the molecule is CCC1(CC)CCc2cc(Cl)cc(C(=O)NC3CN4CCC3CC4)c2O1.CCC1(CC)CCc2cccc(C(=O)NC3CN4CCC3CC4)c2O1. The van der Waals surface area contributed by atoms with Gasteiger partial charge in [-0.05, 0) is 144 Å². The number of ether oxygens (including phenoxy) is 2. The predicted octanol–water partition coefficient (Wildman–Crippen LogP) is 7.44. The molecule has 278 valence electrons. The zero-order chi connectivity index (χ0) is 35.8. The van der Waals surface area contributed by atoms with Gasteiger partial charge < -0.3 is 29.9 Å². The lowest BCUT2D eigenvalue weighted by molar-refractivity contribution is 0.0359. The maximum Gasteiger partial charge on any atom is 0.255 e. The van der Waals surface area contributed by atoms with Crippen LogP contribution in [0.2, 0.25) is 5.02 Å². The van der Waals surface area contributed by atoms with Gasteiger partial charge >= 0.3 is 0 Å². The maximum atomic E-state index is 13.1. The minimum absolute atomic E-state index is 0.0366. The zero-order valence-electron chi connectivity index (χ0n) is 31.3. The van der Waals surface area contributed by atoms with Crippen LogP contribution >= 0.6 is 11.6 Å². The fraction of sp³-hybridized carbons (Fsp3) is 0.667. The van der Waals surface area contributed by atoms with Gasteiger partial charge in [0.1, 0.15) is 22.7 Å². The van der Waals surface area contributed by atoms with Crippen molar-refractivity contribution in [3.63, 3.8) is 0 Å². The molecule has 8 heterocycles. The van der Waals surface area contributed by atoms with E-state index in [1.165, 1.54) is 57.4 Å². The molecule has 0 aromatic heterocycles. The number of aryl methyl sites for hydroxylation is 2. The summed E-state index contributed by atoms with van der Waals surface area (Å²) < 4.78 is 12.9. The van der Waals surface area contributed by atoms with Crippen LogP contribution in [-0.4, -0.2) is 84.2 Å². The number of fused-ring (bicyclic) bond motifs is 8. The van der Waals surface area contributed by atoms with Gasteiger partial charge in [-0.3, -0.25) is 9.59 Å². The summed E-state index contributed by atoms with van der Waals surface area (Å²) in [5.41, 5.74) is 3.30. The van der Waals surface area contributed by atoms with Crippen LogP contribution in [0.15, 0.2) is 30.3 Å². The molecule has 2 aromatic carbocycles. The van der Waals surface area contributed by atoms with Crippen molar-refractivity contribution in [2.75, 3.05) is 39.3 Å². The van der Waals surface area contributed by atoms with Gasteiger partial charge in [0.2, 0.25) is 0 Å². The molecule has 2 amide bonds. The van der Waals surface area contributed by atoms with Crippen molar-refractivity contribution < 1.29 is 19.1 Å². The molecule has 2 atom stereocenters. The standard InChI is InChI=1S/C21H29ClN2O2.C21H30N2O2/c1-3-21(4-2)8-5-15-11-16(22)12-17(19(15)26-21)20(25)23-18-13-24-9-6-14(18)7-10-24;1-3-21(4-2)11-8-16-6-5-7-17(19(16)25-21)20(24)22-18-14-23-12-9-15(18)10-13-23/h11-12,14,18H,3-10,13H2,1-2H3,(H,23,25);5-7,15,18H,3-4,8-14H2,1-2H3,(H,22,24). The second-order valence-corrected chi connectivity index (χ2v) is 16.6. The highest BCUT2D eigenvalue weighted by Crippen LogP contribution is 2.42. The van der Waals surface area contributed by atoms with E-state index in [0.29, 0.717) is 22.4 Å². The van der Waals surface area contributed by atoms with Gasteiger partial charge in [0.25, 0.3) is 11.8 Å². The van der Waals surface area contributed by atoms with E-state index in [4.69, 9.17) is 21.1 Å². The number of carbonyl (C=O) groups excluding carboxylic acids is 2. The molecule has 8 aliphatic heterocycles. The molecule has 0 radical (unpaired) electrons. The summed E-state index contributed by atoms with van der Waals surface area (Å²) in [4.78, 5) is 31.1. The third-order valence-corrected chi connectivity index (χ3v) is 13.8. The molecule has 0 spiro atoms. The minimum Gasteiger partial charge on any atom is -0.486 e. The quantitative estimate of drug-likeness (QED) is 0.295. The number of piperidine rings is 6. The summed E-state index contributed by atoms with van der Waals surface area (Å²) >= 11 is 6.33. The number of carbonyl (C=O) groups is 2. The monoisotopic (exact) mass is 718 g/mol. The average molecular weight is 719 g/mol. The topological polar surface area (TPSA) is 83.1 Å². The second kappa shape index (κ2) is 15.3. The summed E-state index contributed by atoms with van der Waals surface area (Å²) in [7, 11) is 0. The number of halogens is 1. The Morgan fingerprint density at radius 1 is 0.706 bits per heavy atom. The first-order valence-corrected chi connectivity index (χ1v) is 20.4. The van der Waals surface area contributed by atoms with Gasteiger partial charge in [-0.1, -0.05) is 51.4 Å². The van der Waals surface area contributed by atoms with E-state index >= 15 is 0 Å². The van der Waals surface area contributed by atoms with Crippen molar-refractivity contribution in [2.45, 2.75) is 128 Å². The van der Waals surface area contributed by atoms with Gasteiger partial charge in [-0.2, -0.15) is 0 Å². The number of amides is 2. The van der Waals surface area contributed by atoms with Crippen molar-refractivity contribution in [2.24, 2.45) is 11.8 Å². The van der Waals surface area contributed by atoms with Crippen LogP contribution in [0.1, 0.15) is 124 Å². The van der Waals surface area contributed by atoms with Crippen LogP contribution in [0, 0.1) is 11.8 Å². The minimum atomic E-state index is -0.161. The lowest BCUT2D eigenvalue weighted by atomic mass is 9.83. The van der Waals surface area contributed by atoms with Gasteiger partial charge in [0.05, 0.1) is 11.1 Å². The predicted molar refractivity (Wildman–Crippen MR) is 203 cm³/mol. The third-order valence-electron chi connectivity index (χ3n) is 13.6. The number of nitrogens with zero attached hydrogens (tertiary/aromatic N) is 2. The Balaban J connectivity index is 0.000000159. The highest BCUT2D eigenvalue weighted by atomic mass is 35.5. The third kappa shape index (κ3) is 7.52. The summed E-state index contributed by atoms with van der Waals surface area (Å²) in [6, 6.07) is 10.3. The number of rotatable bonds is 8. The van der Waals surface area contributed by atoms with Crippen LogP contribution in [0.25, 0.3) is 0 Å². The Labute approximate surface area is 310 Å². The van der Waals surface area contributed by atoms with Crippen LogP contribution in [0.3, 0.4) is 0 Å². The van der Waals surface area contributed by atoms with Gasteiger partial charge in [-0.15, -0.1) is 0 Å².